The van der Waals surface area contributed by atoms with Crippen molar-refractivity contribution in [2.45, 2.75) is 46.6 Å². The number of hydrogen-bond donors (Lipinski definition) is 1. The number of hydrogen-bond acceptors (Lipinski definition) is 1. The van der Waals surface area contributed by atoms with Crippen molar-refractivity contribution in [3.05, 3.63) is 0 Å². The van der Waals surface area contributed by atoms with Crippen molar-refractivity contribution in [2.75, 3.05) is 0 Å². The summed E-state index contributed by atoms with van der Waals surface area (Å²) in [5, 5.41) is 3.09. The van der Waals surface area contributed by atoms with Crippen LogP contribution < -0.4 is 5.32 Å². The van der Waals surface area contributed by atoms with Gasteiger partial charge in [0.2, 0.25) is 5.91 Å². The molecular formula is C11H21NO. The second kappa shape index (κ2) is 4.12. The van der Waals surface area contributed by atoms with Crippen molar-refractivity contribution in [3.8, 4) is 0 Å². The van der Waals surface area contributed by atoms with E-state index in [0.29, 0.717) is 12.0 Å². The molecule has 76 valence electrons. The average molecular weight is 183 g/mol. The molecule has 0 aromatic heterocycles. The maximum atomic E-state index is 11.6. The molecule has 1 rings (SSSR count). The molecule has 1 N–H and O–H groups in total. The fourth-order valence-corrected chi connectivity index (χ4v) is 1.66. The van der Waals surface area contributed by atoms with Crippen molar-refractivity contribution < 1.29 is 4.79 Å². The third kappa shape index (κ3) is 2.71. The molecule has 0 heterocycles. The van der Waals surface area contributed by atoms with E-state index >= 15 is 0 Å². The number of nitrogens with one attached hydrogen (secondary N) is 1. The van der Waals surface area contributed by atoms with Crippen LogP contribution in [0.5, 0.6) is 0 Å². The summed E-state index contributed by atoms with van der Waals surface area (Å²) in [6, 6.07) is 0.462. The zero-order valence-corrected chi connectivity index (χ0v) is 9.13. The van der Waals surface area contributed by atoms with E-state index in [1.807, 2.05) is 6.92 Å². The Morgan fingerprint density at radius 1 is 1.31 bits per heavy atom. The molecule has 0 saturated heterocycles. The number of amides is 1. The highest BCUT2D eigenvalue weighted by molar-refractivity contribution is 5.78. The summed E-state index contributed by atoms with van der Waals surface area (Å²) in [5.74, 6) is 1.62. The lowest BCUT2D eigenvalue weighted by Crippen LogP contribution is -2.46. The van der Waals surface area contributed by atoms with Crippen LogP contribution in [0.1, 0.15) is 40.5 Å². The molecule has 0 spiro atoms. The maximum Gasteiger partial charge on any atom is 0.223 e. The van der Waals surface area contributed by atoms with Gasteiger partial charge in [0.1, 0.15) is 0 Å². The molecule has 1 unspecified atom stereocenters. The summed E-state index contributed by atoms with van der Waals surface area (Å²) in [7, 11) is 0. The summed E-state index contributed by atoms with van der Waals surface area (Å²) < 4.78 is 0. The predicted octanol–water partition coefficient (Wildman–Crippen LogP) is 2.19. The molecule has 2 nitrogen and oxygen atoms in total. The molecule has 0 aromatic rings. The molecule has 13 heavy (non-hydrogen) atoms. The normalized spacial score (nSPS) is 29.6. The van der Waals surface area contributed by atoms with Gasteiger partial charge >= 0.3 is 0 Å². The largest absolute Gasteiger partial charge is 0.353 e. The molecule has 1 saturated carbocycles. The molecule has 2 heteroatoms. The van der Waals surface area contributed by atoms with Crippen LogP contribution in [-0.4, -0.2) is 11.9 Å². The summed E-state index contributed by atoms with van der Waals surface area (Å²) in [6.45, 7) is 8.41. The summed E-state index contributed by atoms with van der Waals surface area (Å²) in [6.07, 6.45) is 2.33. The Hall–Kier alpha value is -0.530. The fourth-order valence-electron chi connectivity index (χ4n) is 1.66. The van der Waals surface area contributed by atoms with Gasteiger partial charge < -0.3 is 5.32 Å². The molecule has 0 aliphatic heterocycles. The van der Waals surface area contributed by atoms with Gasteiger partial charge in [-0.15, -0.1) is 0 Å². The van der Waals surface area contributed by atoms with E-state index in [-0.39, 0.29) is 11.8 Å². The lowest BCUT2D eigenvalue weighted by Gasteiger charge is -2.34. The fraction of sp³-hybridized carbons (Fsp3) is 0.909. The van der Waals surface area contributed by atoms with Gasteiger partial charge in [-0.2, -0.15) is 0 Å². The van der Waals surface area contributed by atoms with Crippen molar-refractivity contribution in [1.82, 2.24) is 5.32 Å². The highest BCUT2D eigenvalue weighted by Gasteiger charge is 2.28. The van der Waals surface area contributed by atoms with Crippen LogP contribution in [0.4, 0.5) is 0 Å². The smallest absolute Gasteiger partial charge is 0.223 e. The van der Waals surface area contributed by atoms with Crippen molar-refractivity contribution >= 4 is 5.91 Å². The number of carbonyl (C=O) groups excluding carboxylic acids is 1. The predicted molar refractivity (Wildman–Crippen MR) is 54.3 cm³/mol. The third-order valence-electron chi connectivity index (χ3n) is 3.13. The van der Waals surface area contributed by atoms with Crippen LogP contribution in [0.2, 0.25) is 0 Å². The Bertz CT molecular complexity index is 183. The summed E-state index contributed by atoms with van der Waals surface area (Å²) >= 11 is 0. The number of rotatable bonds is 3. The highest BCUT2D eigenvalue weighted by atomic mass is 16.1. The van der Waals surface area contributed by atoms with Crippen LogP contribution in [0.3, 0.4) is 0 Å². The topological polar surface area (TPSA) is 29.1 Å². The average Bonchev–Trinajstić information content (AvgIpc) is 2.00. The molecular weight excluding hydrogens is 162 g/mol. The number of carbonyl (C=O) groups is 1. The molecule has 0 bridgehead atoms. The van der Waals surface area contributed by atoms with E-state index in [9.17, 15) is 4.79 Å². The minimum absolute atomic E-state index is 0.149. The Morgan fingerprint density at radius 3 is 2.23 bits per heavy atom. The first-order chi connectivity index (χ1) is 6.00. The van der Waals surface area contributed by atoms with Crippen LogP contribution in [-0.2, 0) is 4.79 Å². The molecule has 1 amide bonds. The molecule has 1 atom stereocenters. The first kappa shape index (κ1) is 10.6. The zero-order chi connectivity index (χ0) is 10.0. The van der Waals surface area contributed by atoms with Gasteiger partial charge in [-0.25, -0.2) is 0 Å². The van der Waals surface area contributed by atoms with Gasteiger partial charge in [0.25, 0.3) is 0 Å². The first-order valence-corrected chi connectivity index (χ1v) is 5.31. The van der Waals surface area contributed by atoms with Crippen molar-refractivity contribution in [3.63, 3.8) is 0 Å². The Morgan fingerprint density at radius 2 is 1.85 bits per heavy atom. The van der Waals surface area contributed by atoms with E-state index in [0.717, 1.165) is 18.8 Å². The second-order valence-electron chi connectivity index (χ2n) is 4.81. The van der Waals surface area contributed by atoms with E-state index in [1.165, 1.54) is 0 Å². The van der Waals surface area contributed by atoms with Crippen LogP contribution >= 0.6 is 0 Å². The lowest BCUT2D eigenvalue weighted by atomic mass is 9.81. The Balaban J connectivity index is 2.25. The Kier molecular flexibility index (Phi) is 3.34. The lowest BCUT2D eigenvalue weighted by molar-refractivity contribution is -0.127. The first-order valence-electron chi connectivity index (χ1n) is 5.31. The van der Waals surface area contributed by atoms with Gasteiger partial charge in [0, 0.05) is 12.0 Å². The Labute approximate surface area is 81.1 Å². The van der Waals surface area contributed by atoms with Crippen molar-refractivity contribution in [1.29, 1.82) is 0 Å². The maximum absolute atomic E-state index is 11.6. The van der Waals surface area contributed by atoms with E-state index in [4.69, 9.17) is 0 Å². The molecule has 0 aromatic carbocycles. The molecule has 1 aliphatic rings. The highest BCUT2D eigenvalue weighted by Crippen LogP contribution is 2.26. The van der Waals surface area contributed by atoms with Gasteiger partial charge in [0.15, 0.2) is 0 Å². The van der Waals surface area contributed by atoms with E-state index in [2.05, 4.69) is 26.1 Å². The molecule has 1 aliphatic carbocycles. The summed E-state index contributed by atoms with van der Waals surface area (Å²) in [5.41, 5.74) is 0. The summed E-state index contributed by atoms with van der Waals surface area (Å²) in [4.78, 5) is 11.6. The van der Waals surface area contributed by atoms with Crippen LogP contribution in [0, 0.1) is 17.8 Å². The van der Waals surface area contributed by atoms with E-state index in [1.54, 1.807) is 0 Å². The standard InChI is InChI=1S/C11H21NO/c1-7(2)9(4)11(13)12-10-5-8(3)6-10/h7-10H,5-6H2,1-4H3,(H,12,13). The van der Waals surface area contributed by atoms with Crippen LogP contribution in [0.15, 0.2) is 0 Å². The van der Waals surface area contributed by atoms with Gasteiger partial charge in [-0.3, -0.25) is 4.79 Å². The van der Waals surface area contributed by atoms with Gasteiger partial charge in [0.05, 0.1) is 0 Å². The minimum atomic E-state index is 0.149. The molecule has 0 radical (unpaired) electrons. The van der Waals surface area contributed by atoms with Gasteiger partial charge in [-0.05, 0) is 24.7 Å². The van der Waals surface area contributed by atoms with Gasteiger partial charge in [-0.1, -0.05) is 27.7 Å². The third-order valence-corrected chi connectivity index (χ3v) is 3.13. The molecule has 1 fully saturated rings. The second-order valence-corrected chi connectivity index (χ2v) is 4.81. The zero-order valence-electron chi connectivity index (χ0n) is 9.13. The van der Waals surface area contributed by atoms with Crippen molar-refractivity contribution in [2.24, 2.45) is 17.8 Å². The monoisotopic (exact) mass is 183 g/mol. The van der Waals surface area contributed by atoms with Crippen LogP contribution in [0.25, 0.3) is 0 Å². The quantitative estimate of drug-likeness (QED) is 0.714. The van der Waals surface area contributed by atoms with E-state index < -0.39 is 0 Å². The minimum Gasteiger partial charge on any atom is -0.353 e. The SMILES string of the molecule is CC1CC(NC(=O)C(C)C(C)C)C1.